The van der Waals surface area contributed by atoms with Crippen molar-refractivity contribution in [3.05, 3.63) is 11.6 Å². The second kappa shape index (κ2) is 7.09. The van der Waals surface area contributed by atoms with Gasteiger partial charge in [0.25, 0.3) is 0 Å². The summed E-state index contributed by atoms with van der Waals surface area (Å²) in [6, 6.07) is -0.379. The van der Waals surface area contributed by atoms with Gasteiger partial charge in [-0.15, -0.1) is 0 Å². The van der Waals surface area contributed by atoms with Crippen LogP contribution >= 0.6 is 0 Å². The molecule has 2 unspecified atom stereocenters. The van der Waals surface area contributed by atoms with Crippen LogP contribution in [0.2, 0.25) is 0 Å². The van der Waals surface area contributed by atoms with E-state index < -0.39 is 5.54 Å². The van der Waals surface area contributed by atoms with Gasteiger partial charge < -0.3 is 15.7 Å². The van der Waals surface area contributed by atoms with Gasteiger partial charge in [-0.1, -0.05) is 20.3 Å². The Morgan fingerprint density at radius 1 is 1.50 bits per heavy atom. The van der Waals surface area contributed by atoms with E-state index in [9.17, 15) is 9.90 Å². The van der Waals surface area contributed by atoms with E-state index >= 15 is 0 Å². The zero-order valence-electron chi connectivity index (χ0n) is 13.7. The van der Waals surface area contributed by atoms with Gasteiger partial charge in [0.2, 0.25) is 0 Å². The summed E-state index contributed by atoms with van der Waals surface area (Å²) in [5, 5.41) is 19.8. The number of hydrogen-bond acceptors (Lipinski definition) is 4. The molecule has 1 aliphatic heterocycles. The predicted octanol–water partition coefficient (Wildman–Crippen LogP) is 1.53. The molecule has 2 rings (SSSR count). The van der Waals surface area contributed by atoms with Crippen molar-refractivity contribution in [2.45, 2.75) is 71.0 Å². The maximum Gasteiger partial charge on any atom is 0.315 e. The van der Waals surface area contributed by atoms with Gasteiger partial charge in [0.15, 0.2) is 5.82 Å². The molecule has 0 saturated heterocycles. The average Bonchev–Trinajstić information content (AvgIpc) is 2.91. The molecule has 0 aliphatic carbocycles. The molecular formula is C15H27N5O2. The molecule has 7 nitrogen and oxygen atoms in total. The third-order valence-electron chi connectivity index (χ3n) is 4.11. The van der Waals surface area contributed by atoms with E-state index in [4.69, 9.17) is 0 Å². The number of carbonyl (C=O) groups is 1. The summed E-state index contributed by atoms with van der Waals surface area (Å²) >= 11 is 0. The van der Waals surface area contributed by atoms with E-state index in [1.807, 2.05) is 25.5 Å². The fourth-order valence-electron chi connectivity index (χ4n) is 2.89. The highest BCUT2D eigenvalue weighted by molar-refractivity contribution is 5.75. The lowest BCUT2D eigenvalue weighted by Crippen LogP contribution is -2.53. The molecule has 7 heteroatoms. The Morgan fingerprint density at radius 2 is 2.27 bits per heavy atom. The summed E-state index contributed by atoms with van der Waals surface area (Å²) in [4.78, 5) is 16.8. The molecule has 2 heterocycles. The van der Waals surface area contributed by atoms with Gasteiger partial charge in [-0.05, 0) is 26.2 Å². The first kappa shape index (κ1) is 16.7. The van der Waals surface area contributed by atoms with Crippen molar-refractivity contribution in [1.29, 1.82) is 0 Å². The number of aliphatic hydroxyl groups is 1. The molecule has 0 aromatic carbocycles. The highest BCUT2D eigenvalue weighted by atomic mass is 16.3. The summed E-state index contributed by atoms with van der Waals surface area (Å²) in [5.41, 5.74) is -0.588. The number of aliphatic hydroxyl groups excluding tert-OH is 1. The number of rotatable bonds is 6. The number of hydrogen-bond donors (Lipinski definition) is 3. The molecule has 0 bridgehead atoms. The van der Waals surface area contributed by atoms with Crippen molar-refractivity contribution < 1.29 is 9.90 Å². The zero-order valence-corrected chi connectivity index (χ0v) is 13.7. The molecule has 3 N–H and O–H groups in total. The van der Waals surface area contributed by atoms with Crippen LogP contribution in [-0.2, 0) is 13.0 Å². The van der Waals surface area contributed by atoms with E-state index in [1.54, 1.807) is 0 Å². The largest absolute Gasteiger partial charge is 0.394 e. The van der Waals surface area contributed by atoms with Gasteiger partial charge in [0.1, 0.15) is 5.82 Å². The minimum atomic E-state index is -0.588. The first-order valence-electron chi connectivity index (χ1n) is 8.14. The van der Waals surface area contributed by atoms with Crippen molar-refractivity contribution >= 4 is 6.03 Å². The zero-order chi connectivity index (χ0) is 16.2. The lowest BCUT2D eigenvalue weighted by Gasteiger charge is -2.30. The highest BCUT2D eigenvalue weighted by Gasteiger charge is 2.29. The molecule has 2 atom stereocenters. The number of aryl methyl sites for hydroxylation is 2. The molecule has 1 aromatic heterocycles. The van der Waals surface area contributed by atoms with E-state index in [2.05, 4.69) is 20.7 Å². The standard InChI is InChI=1S/C15H27N5O2/c1-4-8-15(3,10-21)18-14(22)16-11-7-6-9-20-13(11)17-12(5-2)19-20/h11,21H,4-10H2,1-3H3,(H2,16,18,22). The maximum absolute atomic E-state index is 12.3. The Labute approximate surface area is 131 Å². The Balaban J connectivity index is 2.02. The first-order chi connectivity index (χ1) is 10.5. The van der Waals surface area contributed by atoms with Gasteiger partial charge in [0.05, 0.1) is 18.2 Å². The summed E-state index contributed by atoms with van der Waals surface area (Å²) in [6.07, 6.45) is 4.25. The molecule has 0 radical (unpaired) electrons. The number of carbonyl (C=O) groups excluding carboxylic acids is 1. The second-order valence-electron chi connectivity index (χ2n) is 6.22. The van der Waals surface area contributed by atoms with Gasteiger partial charge >= 0.3 is 6.03 Å². The maximum atomic E-state index is 12.3. The molecule has 0 saturated carbocycles. The summed E-state index contributed by atoms with van der Waals surface area (Å²) in [5.74, 6) is 1.65. The Kier molecular flexibility index (Phi) is 5.39. The quantitative estimate of drug-likeness (QED) is 0.743. The highest BCUT2D eigenvalue weighted by Crippen LogP contribution is 2.23. The van der Waals surface area contributed by atoms with Crippen LogP contribution in [0, 0.1) is 0 Å². The minimum absolute atomic E-state index is 0.0743. The first-order valence-corrected chi connectivity index (χ1v) is 8.14. The smallest absolute Gasteiger partial charge is 0.315 e. The van der Waals surface area contributed by atoms with E-state index in [0.717, 1.165) is 50.3 Å². The average molecular weight is 309 g/mol. The van der Waals surface area contributed by atoms with Gasteiger partial charge in [-0.2, -0.15) is 5.10 Å². The van der Waals surface area contributed by atoms with Gasteiger partial charge in [-0.3, -0.25) is 0 Å². The van der Waals surface area contributed by atoms with Crippen molar-refractivity contribution in [3.63, 3.8) is 0 Å². The number of nitrogens with one attached hydrogen (secondary N) is 2. The Bertz CT molecular complexity index is 516. The van der Waals surface area contributed by atoms with E-state index in [-0.39, 0.29) is 18.7 Å². The molecule has 22 heavy (non-hydrogen) atoms. The molecule has 124 valence electrons. The monoisotopic (exact) mass is 309 g/mol. The predicted molar refractivity (Wildman–Crippen MR) is 83.4 cm³/mol. The van der Waals surface area contributed by atoms with E-state index in [1.165, 1.54) is 0 Å². The molecule has 1 aromatic rings. The molecular weight excluding hydrogens is 282 g/mol. The fourth-order valence-corrected chi connectivity index (χ4v) is 2.89. The van der Waals surface area contributed by atoms with Crippen molar-refractivity contribution in [2.24, 2.45) is 0 Å². The van der Waals surface area contributed by atoms with E-state index in [0.29, 0.717) is 0 Å². The van der Waals surface area contributed by atoms with Crippen molar-refractivity contribution in [2.75, 3.05) is 6.61 Å². The fraction of sp³-hybridized carbons (Fsp3) is 0.800. The summed E-state index contributed by atoms with van der Waals surface area (Å²) < 4.78 is 1.89. The SMILES string of the molecule is CCCC(C)(CO)NC(=O)NC1CCCn2nc(CC)nc21. The van der Waals surface area contributed by atoms with Gasteiger partial charge in [0, 0.05) is 13.0 Å². The topological polar surface area (TPSA) is 92.1 Å². The molecule has 0 fully saturated rings. The third-order valence-corrected chi connectivity index (χ3v) is 4.11. The third kappa shape index (κ3) is 3.76. The molecule has 2 amide bonds. The van der Waals surface area contributed by atoms with Crippen molar-refractivity contribution in [1.82, 2.24) is 25.4 Å². The van der Waals surface area contributed by atoms with Crippen molar-refractivity contribution in [3.8, 4) is 0 Å². The van der Waals surface area contributed by atoms with Crippen LogP contribution in [-0.4, -0.2) is 38.0 Å². The van der Waals surface area contributed by atoms with Crippen LogP contribution in [0.3, 0.4) is 0 Å². The van der Waals surface area contributed by atoms with Crippen LogP contribution in [0.5, 0.6) is 0 Å². The Morgan fingerprint density at radius 3 is 2.91 bits per heavy atom. The number of fused-ring (bicyclic) bond motifs is 1. The summed E-state index contributed by atoms with van der Waals surface area (Å²) in [6.45, 7) is 6.69. The molecule has 0 spiro atoms. The van der Waals surface area contributed by atoms with Crippen LogP contribution in [0.15, 0.2) is 0 Å². The number of aromatic nitrogens is 3. The minimum Gasteiger partial charge on any atom is -0.394 e. The van der Waals surface area contributed by atoms with Crippen LogP contribution in [0.25, 0.3) is 0 Å². The van der Waals surface area contributed by atoms with Crippen LogP contribution in [0.1, 0.15) is 64.1 Å². The normalized spacial score (nSPS) is 20.1. The van der Waals surface area contributed by atoms with Crippen LogP contribution in [0.4, 0.5) is 4.79 Å². The van der Waals surface area contributed by atoms with Gasteiger partial charge in [-0.25, -0.2) is 14.5 Å². The lowest BCUT2D eigenvalue weighted by molar-refractivity contribution is 0.161. The van der Waals surface area contributed by atoms with Crippen LogP contribution < -0.4 is 10.6 Å². The molecule has 1 aliphatic rings. The number of urea groups is 1. The second-order valence-corrected chi connectivity index (χ2v) is 6.22. The number of amides is 2. The number of nitrogens with zero attached hydrogens (tertiary/aromatic N) is 3. The summed E-state index contributed by atoms with van der Waals surface area (Å²) in [7, 11) is 0. The lowest BCUT2D eigenvalue weighted by atomic mass is 9.97. The Hall–Kier alpha value is -1.63.